The van der Waals surface area contributed by atoms with E-state index >= 15 is 0 Å². The van der Waals surface area contributed by atoms with E-state index in [-0.39, 0.29) is 5.41 Å². The SMILES string of the molecule is [c]1ccccc1C(CC1CO1)(CC1CO1)c1[c]ccc(CC2CO2)c1CC1CO1. The summed E-state index contributed by atoms with van der Waals surface area (Å²) in [6.45, 7) is 3.42. The lowest BCUT2D eigenvalue weighted by Crippen LogP contribution is -2.34. The van der Waals surface area contributed by atoms with Crippen LogP contribution in [0.25, 0.3) is 0 Å². The van der Waals surface area contributed by atoms with Crippen LogP contribution in [0.3, 0.4) is 0 Å². The zero-order valence-corrected chi connectivity index (χ0v) is 16.6. The van der Waals surface area contributed by atoms with E-state index in [0.717, 1.165) is 52.1 Å². The molecule has 4 aliphatic heterocycles. The van der Waals surface area contributed by atoms with Crippen molar-refractivity contribution in [2.75, 3.05) is 26.4 Å². The molecule has 2 aromatic rings. The standard InChI is InChI=1S/C25H26O4/c1-2-6-18(7-3-1)25(11-21-15-28-21,12-22-16-29-22)24-8-4-5-17(9-19-13-26-19)23(24)10-20-14-27-20/h1-6,19-22H,9-16H2. The van der Waals surface area contributed by atoms with Gasteiger partial charge in [-0.3, -0.25) is 0 Å². The van der Waals surface area contributed by atoms with Crippen LogP contribution in [0.2, 0.25) is 0 Å². The fourth-order valence-electron chi connectivity index (χ4n) is 4.75. The van der Waals surface area contributed by atoms with Crippen molar-refractivity contribution < 1.29 is 18.9 Å². The van der Waals surface area contributed by atoms with Crippen molar-refractivity contribution >= 4 is 0 Å². The Hall–Kier alpha value is -1.72. The Bertz CT molecular complexity index is 850. The Morgan fingerprint density at radius 2 is 1.41 bits per heavy atom. The van der Waals surface area contributed by atoms with Crippen molar-refractivity contribution in [1.29, 1.82) is 0 Å². The molecule has 4 atom stereocenters. The van der Waals surface area contributed by atoms with Crippen molar-refractivity contribution in [3.63, 3.8) is 0 Å². The first-order chi connectivity index (χ1) is 14.3. The molecule has 6 rings (SSSR count). The van der Waals surface area contributed by atoms with E-state index in [9.17, 15) is 0 Å². The van der Waals surface area contributed by atoms with Crippen molar-refractivity contribution in [3.8, 4) is 0 Å². The maximum atomic E-state index is 5.73. The molecule has 0 amide bonds. The number of ether oxygens (including phenoxy) is 4. The van der Waals surface area contributed by atoms with Crippen LogP contribution in [-0.2, 0) is 37.2 Å². The molecular weight excluding hydrogens is 364 g/mol. The first-order valence-corrected chi connectivity index (χ1v) is 10.8. The Kier molecular flexibility index (Phi) is 4.49. The molecule has 4 heterocycles. The molecule has 0 aromatic heterocycles. The third-order valence-corrected chi connectivity index (χ3v) is 6.55. The van der Waals surface area contributed by atoms with Crippen LogP contribution in [0.15, 0.2) is 36.4 Å². The van der Waals surface area contributed by atoms with E-state index in [1.165, 1.54) is 22.3 Å². The largest absolute Gasteiger partial charge is 0.373 e. The van der Waals surface area contributed by atoms with Gasteiger partial charge in [0.2, 0.25) is 0 Å². The molecule has 4 unspecified atom stereocenters. The highest BCUT2D eigenvalue weighted by Gasteiger charge is 2.46. The number of rotatable bonds is 10. The van der Waals surface area contributed by atoms with Gasteiger partial charge in [-0.15, -0.1) is 0 Å². The molecule has 0 saturated carbocycles. The topological polar surface area (TPSA) is 50.1 Å². The summed E-state index contributed by atoms with van der Waals surface area (Å²) < 4.78 is 22.7. The molecule has 4 saturated heterocycles. The second-order valence-electron chi connectivity index (χ2n) is 8.85. The van der Waals surface area contributed by atoms with Gasteiger partial charge >= 0.3 is 0 Å². The Morgan fingerprint density at radius 1 is 0.759 bits per heavy atom. The minimum atomic E-state index is -0.200. The average molecular weight is 390 g/mol. The second-order valence-corrected chi connectivity index (χ2v) is 8.85. The van der Waals surface area contributed by atoms with Gasteiger partial charge in [0.25, 0.3) is 0 Å². The second kappa shape index (κ2) is 7.21. The minimum Gasteiger partial charge on any atom is -0.373 e. The van der Waals surface area contributed by atoms with E-state index in [1.807, 2.05) is 12.1 Å². The van der Waals surface area contributed by atoms with Crippen LogP contribution in [-0.4, -0.2) is 50.8 Å². The third kappa shape index (κ3) is 3.99. The van der Waals surface area contributed by atoms with E-state index in [4.69, 9.17) is 18.9 Å². The van der Waals surface area contributed by atoms with Gasteiger partial charge in [0.1, 0.15) is 0 Å². The third-order valence-electron chi connectivity index (χ3n) is 6.55. The normalized spacial score (nSPS) is 31.2. The Balaban J connectivity index is 1.49. The lowest BCUT2D eigenvalue weighted by molar-refractivity contribution is 0.297. The van der Waals surface area contributed by atoms with Crippen LogP contribution in [0.5, 0.6) is 0 Å². The van der Waals surface area contributed by atoms with E-state index in [1.54, 1.807) is 0 Å². The molecular formula is C25H26O4. The zero-order chi connectivity index (χ0) is 19.3. The van der Waals surface area contributed by atoms with E-state index < -0.39 is 0 Å². The summed E-state index contributed by atoms with van der Waals surface area (Å²) in [5.41, 5.74) is 5.09. The van der Waals surface area contributed by atoms with E-state index in [2.05, 4.69) is 36.4 Å². The first kappa shape index (κ1) is 18.1. The number of epoxide rings is 4. The first-order valence-electron chi connectivity index (χ1n) is 10.8. The maximum absolute atomic E-state index is 5.73. The molecule has 0 spiro atoms. The van der Waals surface area contributed by atoms with Gasteiger partial charge in [0, 0.05) is 18.3 Å². The molecule has 2 aromatic carbocycles. The Labute approximate surface area is 172 Å². The molecule has 0 aliphatic carbocycles. The summed E-state index contributed by atoms with van der Waals surface area (Å²) in [5.74, 6) is 0. The highest BCUT2D eigenvalue weighted by Crippen LogP contribution is 2.47. The fourth-order valence-corrected chi connectivity index (χ4v) is 4.75. The highest BCUT2D eigenvalue weighted by molar-refractivity contribution is 5.48. The van der Waals surface area contributed by atoms with Crippen molar-refractivity contribution in [3.05, 3.63) is 70.8 Å². The maximum Gasteiger partial charge on any atom is 0.0850 e. The lowest BCUT2D eigenvalue weighted by Gasteiger charge is -2.36. The molecule has 4 aliphatic rings. The number of benzene rings is 2. The molecule has 4 fully saturated rings. The smallest absolute Gasteiger partial charge is 0.0850 e. The zero-order valence-electron chi connectivity index (χ0n) is 16.6. The molecule has 2 radical (unpaired) electrons. The van der Waals surface area contributed by atoms with Crippen molar-refractivity contribution in [2.24, 2.45) is 0 Å². The molecule has 29 heavy (non-hydrogen) atoms. The predicted molar refractivity (Wildman–Crippen MR) is 107 cm³/mol. The summed E-state index contributed by atoms with van der Waals surface area (Å²) in [4.78, 5) is 0. The summed E-state index contributed by atoms with van der Waals surface area (Å²) >= 11 is 0. The number of hydrogen-bond donors (Lipinski definition) is 0. The number of hydrogen-bond acceptors (Lipinski definition) is 4. The van der Waals surface area contributed by atoms with Crippen molar-refractivity contribution in [1.82, 2.24) is 0 Å². The van der Waals surface area contributed by atoms with Gasteiger partial charge in [0.15, 0.2) is 0 Å². The van der Waals surface area contributed by atoms with Gasteiger partial charge in [-0.1, -0.05) is 36.4 Å². The summed E-state index contributed by atoms with van der Waals surface area (Å²) in [5, 5.41) is 0. The average Bonchev–Trinajstić information content (AvgIpc) is 3.54. The van der Waals surface area contributed by atoms with Gasteiger partial charge in [-0.2, -0.15) is 0 Å². The Morgan fingerprint density at radius 3 is 2.00 bits per heavy atom. The summed E-state index contributed by atoms with van der Waals surface area (Å²) in [7, 11) is 0. The van der Waals surface area contributed by atoms with Crippen LogP contribution in [0.4, 0.5) is 0 Å². The molecule has 4 heteroatoms. The highest BCUT2D eigenvalue weighted by atomic mass is 16.6. The van der Waals surface area contributed by atoms with Crippen LogP contribution in [0.1, 0.15) is 35.1 Å². The van der Waals surface area contributed by atoms with Gasteiger partial charge in [0.05, 0.1) is 50.8 Å². The summed E-state index contributed by atoms with van der Waals surface area (Å²) in [6, 6.07) is 20.0. The van der Waals surface area contributed by atoms with Crippen molar-refractivity contribution in [2.45, 2.75) is 55.5 Å². The monoisotopic (exact) mass is 390 g/mol. The van der Waals surface area contributed by atoms with Gasteiger partial charge in [-0.25, -0.2) is 0 Å². The minimum absolute atomic E-state index is 0.200. The molecule has 0 bridgehead atoms. The molecule has 150 valence electrons. The van der Waals surface area contributed by atoms with E-state index in [0.29, 0.717) is 24.4 Å². The van der Waals surface area contributed by atoms with Gasteiger partial charge in [-0.05, 0) is 47.2 Å². The molecule has 4 nitrogen and oxygen atoms in total. The molecule has 0 N–H and O–H groups in total. The van der Waals surface area contributed by atoms with Crippen LogP contribution in [0, 0.1) is 12.1 Å². The quantitative estimate of drug-likeness (QED) is 0.585. The van der Waals surface area contributed by atoms with Crippen LogP contribution < -0.4 is 0 Å². The lowest BCUT2D eigenvalue weighted by atomic mass is 9.66. The predicted octanol–water partition coefficient (Wildman–Crippen LogP) is 3.03. The van der Waals surface area contributed by atoms with Crippen LogP contribution >= 0.6 is 0 Å². The summed E-state index contributed by atoms with van der Waals surface area (Å²) in [6.07, 6.45) is 5.11. The van der Waals surface area contributed by atoms with Gasteiger partial charge < -0.3 is 18.9 Å². The fraction of sp³-hybridized carbons (Fsp3) is 0.520.